The molecule has 6 heteroatoms. The SMILES string of the molecule is COc1ccc2sc(N3CC(Cn4ccnc4C)C3)nc2c1. The Kier molecular flexibility index (Phi) is 3.26. The largest absolute Gasteiger partial charge is 0.497 e. The molecule has 0 N–H and O–H groups in total. The average molecular weight is 314 g/mol. The summed E-state index contributed by atoms with van der Waals surface area (Å²) in [7, 11) is 1.69. The van der Waals surface area contributed by atoms with Gasteiger partial charge in [0.2, 0.25) is 0 Å². The highest BCUT2D eigenvalue weighted by molar-refractivity contribution is 7.22. The van der Waals surface area contributed by atoms with Gasteiger partial charge in [0.1, 0.15) is 11.6 Å². The van der Waals surface area contributed by atoms with Crippen LogP contribution in [0, 0.1) is 12.8 Å². The number of methoxy groups -OCH3 is 1. The number of aromatic nitrogens is 3. The van der Waals surface area contributed by atoms with Gasteiger partial charge in [-0.1, -0.05) is 11.3 Å². The number of benzene rings is 1. The van der Waals surface area contributed by atoms with Crippen LogP contribution in [0.4, 0.5) is 5.13 Å². The van der Waals surface area contributed by atoms with E-state index in [2.05, 4.69) is 33.6 Å². The lowest BCUT2D eigenvalue weighted by atomic mass is 10.0. The molecular weight excluding hydrogens is 296 g/mol. The molecule has 4 rings (SSSR count). The number of anilines is 1. The van der Waals surface area contributed by atoms with Crippen LogP contribution in [0.1, 0.15) is 5.82 Å². The third-order valence-electron chi connectivity index (χ3n) is 4.19. The van der Waals surface area contributed by atoms with E-state index >= 15 is 0 Å². The standard InChI is InChI=1S/C16H18N4OS/c1-11-17-5-6-19(11)8-12-9-20(10-12)16-18-14-7-13(21-2)3-4-15(14)22-16/h3-7,12H,8-10H2,1-2H3. The number of ether oxygens (including phenoxy) is 1. The molecule has 0 spiro atoms. The van der Waals surface area contributed by atoms with E-state index in [1.54, 1.807) is 18.4 Å². The van der Waals surface area contributed by atoms with Gasteiger partial charge in [0.05, 0.1) is 17.3 Å². The summed E-state index contributed by atoms with van der Waals surface area (Å²) in [5.41, 5.74) is 1.02. The van der Waals surface area contributed by atoms with Crippen molar-refractivity contribution in [3.63, 3.8) is 0 Å². The van der Waals surface area contributed by atoms with Gasteiger partial charge in [-0.3, -0.25) is 0 Å². The van der Waals surface area contributed by atoms with E-state index in [-0.39, 0.29) is 0 Å². The number of nitrogens with zero attached hydrogens (tertiary/aromatic N) is 4. The van der Waals surface area contributed by atoms with Crippen molar-refractivity contribution in [1.82, 2.24) is 14.5 Å². The summed E-state index contributed by atoms with van der Waals surface area (Å²) in [6, 6.07) is 6.08. The normalized spacial score (nSPS) is 15.3. The highest BCUT2D eigenvalue weighted by Crippen LogP contribution is 2.34. The summed E-state index contributed by atoms with van der Waals surface area (Å²) < 4.78 is 8.70. The molecule has 0 saturated carbocycles. The molecule has 5 nitrogen and oxygen atoms in total. The second-order valence-electron chi connectivity index (χ2n) is 5.73. The molecule has 1 aromatic carbocycles. The van der Waals surface area contributed by atoms with Crippen molar-refractivity contribution >= 4 is 26.7 Å². The third-order valence-corrected chi connectivity index (χ3v) is 5.29. The van der Waals surface area contributed by atoms with E-state index in [1.807, 2.05) is 18.3 Å². The van der Waals surface area contributed by atoms with Gasteiger partial charge < -0.3 is 14.2 Å². The molecular formula is C16H18N4OS. The van der Waals surface area contributed by atoms with Crippen molar-refractivity contribution in [2.45, 2.75) is 13.5 Å². The van der Waals surface area contributed by atoms with Crippen molar-refractivity contribution in [2.75, 3.05) is 25.1 Å². The topological polar surface area (TPSA) is 43.2 Å². The molecule has 0 atom stereocenters. The van der Waals surface area contributed by atoms with Gasteiger partial charge in [0, 0.05) is 44.0 Å². The molecule has 1 aliphatic heterocycles. The monoisotopic (exact) mass is 314 g/mol. The minimum atomic E-state index is 0.675. The molecule has 1 saturated heterocycles. The van der Waals surface area contributed by atoms with Crippen molar-refractivity contribution in [1.29, 1.82) is 0 Å². The van der Waals surface area contributed by atoms with Crippen molar-refractivity contribution in [3.8, 4) is 5.75 Å². The van der Waals surface area contributed by atoms with Crippen LogP contribution in [-0.4, -0.2) is 34.7 Å². The second kappa shape index (κ2) is 5.28. The summed E-state index contributed by atoms with van der Waals surface area (Å²) in [6.07, 6.45) is 3.93. The zero-order chi connectivity index (χ0) is 15.1. The van der Waals surface area contributed by atoms with E-state index in [4.69, 9.17) is 9.72 Å². The molecule has 22 heavy (non-hydrogen) atoms. The van der Waals surface area contributed by atoms with Crippen LogP contribution >= 0.6 is 11.3 Å². The van der Waals surface area contributed by atoms with Gasteiger partial charge in [-0.2, -0.15) is 0 Å². The van der Waals surface area contributed by atoms with Crippen LogP contribution in [0.25, 0.3) is 10.2 Å². The number of thiazole rings is 1. The Morgan fingerprint density at radius 3 is 2.95 bits per heavy atom. The highest BCUT2D eigenvalue weighted by atomic mass is 32.1. The first kappa shape index (κ1) is 13.6. The maximum atomic E-state index is 5.26. The van der Waals surface area contributed by atoms with Crippen LogP contribution in [0.5, 0.6) is 5.75 Å². The van der Waals surface area contributed by atoms with Crippen LogP contribution in [0.2, 0.25) is 0 Å². The van der Waals surface area contributed by atoms with E-state index in [1.165, 1.54) is 4.70 Å². The molecule has 0 radical (unpaired) electrons. The molecule has 114 valence electrons. The quantitative estimate of drug-likeness (QED) is 0.742. The molecule has 0 unspecified atom stereocenters. The zero-order valence-corrected chi connectivity index (χ0v) is 13.5. The number of hydrogen-bond donors (Lipinski definition) is 0. The van der Waals surface area contributed by atoms with Crippen LogP contribution in [0.3, 0.4) is 0 Å². The third kappa shape index (κ3) is 2.33. The van der Waals surface area contributed by atoms with Gasteiger partial charge in [-0.15, -0.1) is 0 Å². The Morgan fingerprint density at radius 2 is 2.23 bits per heavy atom. The van der Waals surface area contributed by atoms with Crippen molar-refractivity contribution in [3.05, 3.63) is 36.4 Å². The summed E-state index contributed by atoms with van der Waals surface area (Å²) in [4.78, 5) is 11.4. The average Bonchev–Trinajstić information content (AvgIpc) is 3.07. The lowest BCUT2D eigenvalue weighted by molar-refractivity contribution is 0.354. The fourth-order valence-electron chi connectivity index (χ4n) is 2.87. The predicted octanol–water partition coefficient (Wildman–Crippen LogP) is 2.95. The Morgan fingerprint density at radius 1 is 1.36 bits per heavy atom. The molecule has 3 aromatic rings. The summed E-state index contributed by atoms with van der Waals surface area (Å²) in [5, 5.41) is 1.11. The molecule has 0 bridgehead atoms. The van der Waals surface area contributed by atoms with E-state index in [0.29, 0.717) is 5.92 Å². The number of hydrogen-bond acceptors (Lipinski definition) is 5. The Balaban J connectivity index is 1.45. The van der Waals surface area contributed by atoms with Crippen LogP contribution in [0.15, 0.2) is 30.6 Å². The highest BCUT2D eigenvalue weighted by Gasteiger charge is 2.29. The molecule has 1 aliphatic rings. The van der Waals surface area contributed by atoms with Crippen LogP contribution in [-0.2, 0) is 6.54 Å². The lowest BCUT2D eigenvalue weighted by Crippen LogP contribution is -2.48. The summed E-state index contributed by atoms with van der Waals surface area (Å²) in [6.45, 7) is 5.22. The Labute approximate surface area is 133 Å². The fourth-order valence-corrected chi connectivity index (χ4v) is 3.84. The molecule has 2 aromatic heterocycles. The summed E-state index contributed by atoms with van der Waals surface area (Å²) in [5.74, 6) is 2.63. The minimum Gasteiger partial charge on any atom is -0.497 e. The Hall–Kier alpha value is -2.08. The maximum absolute atomic E-state index is 5.26. The van der Waals surface area contributed by atoms with Gasteiger partial charge in [0.15, 0.2) is 5.13 Å². The zero-order valence-electron chi connectivity index (χ0n) is 12.7. The first-order chi connectivity index (χ1) is 10.7. The fraction of sp³-hybridized carbons (Fsp3) is 0.375. The van der Waals surface area contributed by atoms with E-state index < -0.39 is 0 Å². The summed E-state index contributed by atoms with van der Waals surface area (Å²) >= 11 is 1.75. The molecule has 3 heterocycles. The number of rotatable bonds is 4. The smallest absolute Gasteiger partial charge is 0.186 e. The van der Waals surface area contributed by atoms with Gasteiger partial charge in [0.25, 0.3) is 0 Å². The first-order valence-corrected chi connectivity index (χ1v) is 8.22. The lowest BCUT2D eigenvalue weighted by Gasteiger charge is -2.39. The van der Waals surface area contributed by atoms with Gasteiger partial charge in [-0.05, 0) is 19.1 Å². The molecule has 0 amide bonds. The van der Waals surface area contributed by atoms with E-state index in [9.17, 15) is 0 Å². The molecule has 0 aliphatic carbocycles. The minimum absolute atomic E-state index is 0.675. The Bertz CT molecular complexity index is 803. The van der Waals surface area contributed by atoms with Crippen molar-refractivity contribution in [2.24, 2.45) is 5.92 Å². The van der Waals surface area contributed by atoms with E-state index in [0.717, 1.165) is 41.9 Å². The van der Waals surface area contributed by atoms with Crippen molar-refractivity contribution < 1.29 is 4.74 Å². The van der Waals surface area contributed by atoms with Gasteiger partial charge >= 0.3 is 0 Å². The van der Waals surface area contributed by atoms with Gasteiger partial charge in [-0.25, -0.2) is 9.97 Å². The number of fused-ring (bicyclic) bond motifs is 1. The second-order valence-corrected chi connectivity index (χ2v) is 6.74. The van der Waals surface area contributed by atoms with Crippen LogP contribution < -0.4 is 9.64 Å². The number of aryl methyl sites for hydroxylation is 1. The molecule has 1 fully saturated rings. The predicted molar refractivity (Wildman–Crippen MR) is 88.8 cm³/mol. The number of imidazole rings is 1. The first-order valence-electron chi connectivity index (χ1n) is 7.40. The maximum Gasteiger partial charge on any atom is 0.186 e.